The Kier molecular flexibility index (Phi) is 37.9. The van der Waals surface area contributed by atoms with E-state index < -0.39 is 0 Å². The fourth-order valence-electron chi connectivity index (χ4n) is 13.9. The van der Waals surface area contributed by atoms with Gasteiger partial charge in [-0.25, -0.2) is 0 Å². The van der Waals surface area contributed by atoms with Crippen LogP contribution in [0.1, 0.15) is 257 Å². The molecule has 0 aromatic heterocycles. The van der Waals surface area contributed by atoms with Gasteiger partial charge >= 0.3 is 0 Å². The third-order valence-electron chi connectivity index (χ3n) is 16.7. The molecule has 10 aromatic carbocycles. The summed E-state index contributed by atoms with van der Waals surface area (Å²) in [6.45, 7) is 45.2. The molecule has 0 heterocycles. The first-order chi connectivity index (χ1) is 44.7. The Morgan fingerprint density at radius 2 is 0.538 bits per heavy atom. The standard InChI is InChI=1S/C43H35N.C26H18.10C2H6.3CH4/c1-2-44(28-34-15-11-14-33-25-30-12-3-5-16-35(30)42(33)34)27-29-22-23-32-26-31-13-4-8-19-38(31)43(41(32)24-29)39-20-9-6-17-36(39)37-18-7-10-21-40(37)43;1-5-13-22-18(9-1)17-19-10-2-6-14-23(19)26(22)24-15-7-3-11-20(24)21-12-4-8-16-25(21)26;10*1-2;;;/h3-24H,2,25-28H2,1H3;1-16H,17H2;10*1-2H3;3*1H4. The van der Waals surface area contributed by atoms with Gasteiger partial charge in [-0.3, -0.25) is 4.90 Å². The van der Waals surface area contributed by atoms with Crippen LogP contribution in [0.4, 0.5) is 0 Å². The number of rotatable bonds is 5. The van der Waals surface area contributed by atoms with Gasteiger partial charge in [0, 0.05) is 13.1 Å². The lowest BCUT2D eigenvalue weighted by atomic mass is 9.61. The molecule has 0 aliphatic heterocycles. The molecule has 0 fully saturated rings. The summed E-state index contributed by atoms with van der Waals surface area (Å²) in [5.41, 5.74) is 30.8. The molecular weight excluding hydrogens is 1120 g/mol. The molecule has 93 heavy (non-hydrogen) atoms. The molecule has 0 saturated carbocycles. The van der Waals surface area contributed by atoms with Crippen molar-refractivity contribution in [1.29, 1.82) is 0 Å². The van der Waals surface area contributed by atoms with Crippen LogP contribution < -0.4 is 0 Å². The van der Waals surface area contributed by atoms with Crippen molar-refractivity contribution in [2.75, 3.05) is 6.54 Å². The minimum Gasteiger partial charge on any atom is -0.295 e. The van der Waals surface area contributed by atoms with E-state index in [9.17, 15) is 0 Å². The molecule has 5 aliphatic rings. The van der Waals surface area contributed by atoms with Gasteiger partial charge in [0.2, 0.25) is 0 Å². The lowest BCUT2D eigenvalue weighted by molar-refractivity contribution is 0.271. The highest BCUT2D eigenvalue weighted by Crippen LogP contribution is 2.61. The van der Waals surface area contributed by atoms with Gasteiger partial charge in [0.15, 0.2) is 0 Å². The SMILES string of the molecule is C.C.C.CC.CC.CC.CC.CC.CC.CC.CC.CC.CC.CCN(Cc1ccc2c(c1)C1(c3ccccc3C2)c2ccccc2-c2ccccc21)Cc1cccc2c1-c1ccccc1C2.c1ccc2c(c1)Cc1ccccc1C21c2ccccc2-c2ccccc21. The first-order valence-corrected chi connectivity index (χ1v) is 35.3. The van der Waals surface area contributed by atoms with Crippen LogP contribution in [0, 0.1) is 0 Å². The Morgan fingerprint density at radius 3 is 0.903 bits per heavy atom. The number of fused-ring (bicyclic) bond motifs is 21. The number of hydrogen-bond donors (Lipinski definition) is 0. The van der Waals surface area contributed by atoms with Gasteiger partial charge in [0.25, 0.3) is 0 Å². The van der Waals surface area contributed by atoms with Crippen molar-refractivity contribution in [3.63, 3.8) is 0 Å². The fourth-order valence-corrected chi connectivity index (χ4v) is 13.9. The monoisotopic (exact) mass is 1240 g/mol. The van der Waals surface area contributed by atoms with Gasteiger partial charge < -0.3 is 0 Å². The third-order valence-corrected chi connectivity index (χ3v) is 16.7. The highest BCUT2D eigenvalue weighted by Gasteiger charge is 2.51. The van der Waals surface area contributed by atoms with Crippen molar-refractivity contribution in [1.82, 2.24) is 4.90 Å². The van der Waals surface area contributed by atoms with Crippen LogP contribution in [-0.2, 0) is 43.2 Å². The smallest absolute Gasteiger partial charge is 0.0719 e. The maximum Gasteiger partial charge on any atom is 0.0719 e. The molecule has 0 amide bonds. The lowest BCUT2D eigenvalue weighted by Crippen LogP contribution is -2.34. The van der Waals surface area contributed by atoms with Crippen molar-refractivity contribution in [2.24, 2.45) is 0 Å². The third kappa shape index (κ3) is 15.9. The highest BCUT2D eigenvalue weighted by atomic mass is 15.1. The second-order valence-corrected chi connectivity index (χ2v) is 20.1. The fraction of sp³-hybridized carbons (Fsp3) is 0.348. The summed E-state index contributed by atoms with van der Waals surface area (Å²) in [4.78, 5) is 2.61. The van der Waals surface area contributed by atoms with Crippen LogP contribution in [-0.4, -0.2) is 11.4 Å². The number of nitrogens with zero attached hydrogens (tertiary/aromatic N) is 1. The maximum atomic E-state index is 2.61. The first kappa shape index (κ1) is 83.2. The Balaban J connectivity index is 0.000000760. The van der Waals surface area contributed by atoms with E-state index in [0.29, 0.717) is 0 Å². The van der Waals surface area contributed by atoms with Crippen molar-refractivity contribution in [2.45, 2.75) is 211 Å². The van der Waals surface area contributed by atoms with Crippen molar-refractivity contribution in [3.8, 4) is 33.4 Å². The Labute approximate surface area is 571 Å². The van der Waals surface area contributed by atoms with E-state index in [1.54, 1.807) is 0 Å². The van der Waals surface area contributed by atoms with Gasteiger partial charge in [-0.1, -0.05) is 398 Å². The van der Waals surface area contributed by atoms with Crippen LogP contribution in [0.5, 0.6) is 0 Å². The van der Waals surface area contributed by atoms with Gasteiger partial charge in [0.05, 0.1) is 10.8 Å². The van der Waals surface area contributed by atoms with Crippen molar-refractivity contribution in [3.05, 3.63) is 320 Å². The molecule has 5 aliphatic carbocycles. The quantitative estimate of drug-likeness (QED) is 0.166. The normalized spacial score (nSPS) is 11.7. The van der Waals surface area contributed by atoms with Gasteiger partial charge in [-0.15, -0.1) is 0 Å². The van der Waals surface area contributed by atoms with Crippen molar-refractivity contribution < 1.29 is 0 Å². The van der Waals surface area contributed by atoms with Crippen LogP contribution in [0.3, 0.4) is 0 Å². The van der Waals surface area contributed by atoms with Gasteiger partial charge in [-0.05, 0) is 148 Å². The second kappa shape index (κ2) is 42.4. The van der Waals surface area contributed by atoms with Crippen molar-refractivity contribution >= 4 is 0 Å². The predicted molar refractivity (Wildman–Crippen MR) is 421 cm³/mol. The van der Waals surface area contributed by atoms with E-state index in [4.69, 9.17) is 0 Å². The van der Waals surface area contributed by atoms with E-state index >= 15 is 0 Å². The van der Waals surface area contributed by atoms with E-state index in [1.165, 1.54) is 122 Å². The van der Waals surface area contributed by atoms with E-state index in [0.717, 1.165) is 38.9 Å². The summed E-state index contributed by atoms with van der Waals surface area (Å²) in [5.74, 6) is 0. The Hall–Kier alpha value is -7.84. The van der Waals surface area contributed by atoms with Gasteiger partial charge in [-0.2, -0.15) is 0 Å². The molecule has 1 nitrogen and oxygen atoms in total. The molecule has 0 saturated heterocycles. The van der Waals surface area contributed by atoms with Crippen LogP contribution in [0.2, 0.25) is 0 Å². The average Bonchev–Trinajstić information content (AvgIpc) is 1.59. The molecule has 2 spiro atoms. The molecule has 0 unspecified atom stereocenters. The summed E-state index contributed by atoms with van der Waals surface area (Å²) < 4.78 is 0. The molecule has 0 atom stereocenters. The molecule has 15 rings (SSSR count). The average molecular weight is 1250 g/mol. The summed E-state index contributed by atoms with van der Waals surface area (Å²) >= 11 is 0. The zero-order chi connectivity index (χ0) is 66.4. The molecular formula is C92H125N. The molecule has 10 aromatic rings. The predicted octanol–water partition coefficient (Wildman–Crippen LogP) is 27.7. The molecule has 498 valence electrons. The number of benzene rings is 10. The number of hydrogen-bond acceptors (Lipinski definition) is 1. The summed E-state index contributed by atoms with van der Waals surface area (Å²) in [7, 11) is 0. The summed E-state index contributed by atoms with van der Waals surface area (Å²) in [5, 5.41) is 0. The lowest BCUT2D eigenvalue weighted by Gasteiger charge is -2.40. The zero-order valence-electron chi connectivity index (χ0n) is 59.6. The summed E-state index contributed by atoms with van der Waals surface area (Å²) in [6.07, 6.45) is 3.03. The maximum absolute atomic E-state index is 2.61. The molecule has 0 bridgehead atoms. The van der Waals surface area contributed by atoms with Gasteiger partial charge in [0.1, 0.15) is 0 Å². The minimum absolute atomic E-state index is 0. The van der Waals surface area contributed by atoms with Crippen LogP contribution in [0.25, 0.3) is 33.4 Å². The van der Waals surface area contributed by atoms with E-state index in [1.807, 2.05) is 138 Å². The minimum atomic E-state index is -0.297. The molecule has 0 radical (unpaired) electrons. The van der Waals surface area contributed by atoms with E-state index in [2.05, 4.69) is 242 Å². The second-order valence-electron chi connectivity index (χ2n) is 20.1. The molecule has 1 heteroatoms. The van der Waals surface area contributed by atoms with Crippen LogP contribution in [0.15, 0.2) is 231 Å². The topological polar surface area (TPSA) is 3.24 Å². The zero-order valence-corrected chi connectivity index (χ0v) is 59.6. The molecule has 0 N–H and O–H groups in total. The largest absolute Gasteiger partial charge is 0.295 e. The summed E-state index contributed by atoms with van der Waals surface area (Å²) in [6, 6.07) is 86.5. The Bertz CT molecular complexity index is 3580. The first-order valence-electron chi connectivity index (χ1n) is 35.3. The van der Waals surface area contributed by atoms with Crippen LogP contribution >= 0.6 is 0 Å². The Morgan fingerprint density at radius 1 is 0.258 bits per heavy atom. The highest BCUT2D eigenvalue weighted by molar-refractivity contribution is 5.89. The van der Waals surface area contributed by atoms with E-state index in [-0.39, 0.29) is 33.1 Å².